The third-order valence-electron chi connectivity index (χ3n) is 2.74. The number of hydrogen-bond acceptors (Lipinski definition) is 2. The third-order valence-corrected chi connectivity index (χ3v) is 2.74. The Morgan fingerprint density at radius 3 is 1.56 bits per heavy atom. The van der Waals surface area contributed by atoms with Gasteiger partial charge < -0.3 is 5.11 Å². The first-order valence-corrected chi connectivity index (χ1v) is 8.25. The Morgan fingerprint density at radius 1 is 0.889 bits per heavy atom. The van der Waals surface area contributed by atoms with Crippen molar-refractivity contribution in [3.05, 3.63) is 0 Å². The number of carboxylic acid groups (broad SMARTS) is 1. The quantitative estimate of drug-likeness (QED) is 0.450. The predicted molar refractivity (Wildman–Crippen MR) is 67.0 cm³/mol. The van der Waals surface area contributed by atoms with Gasteiger partial charge in [0.1, 0.15) is 0 Å². The molecule has 4 nitrogen and oxygen atoms in total. The first-order valence-electron chi connectivity index (χ1n) is 6.92. The molecule has 0 amide bonds. The van der Waals surface area contributed by atoms with Crippen molar-refractivity contribution in [2.45, 2.75) is 77.6 Å². The first kappa shape index (κ1) is 20.3. The Morgan fingerprint density at radius 2 is 1.22 bits per heavy atom. The van der Waals surface area contributed by atoms with E-state index < -0.39 is 25.5 Å². The summed E-state index contributed by atoms with van der Waals surface area (Å²) >= 11 is -1.75. The molecule has 0 unspecified atom stereocenters. The van der Waals surface area contributed by atoms with Crippen LogP contribution in [0.5, 0.6) is 0 Å². The van der Waals surface area contributed by atoms with Crippen LogP contribution in [0.2, 0.25) is 0 Å². The van der Waals surface area contributed by atoms with E-state index in [1.165, 1.54) is 51.4 Å². The molecule has 0 saturated heterocycles. The molecule has 0 aromatic heterocycles. The summed E-state index contributed by atoms with van der Waals surface area (Å²) in [7, 11) is 0. The summed E-state index contributed by atoms with van der Waals surface area (Å²) < 4.78 is 15.8. The summed E-state index contributed by atoms with van der Waals surface area (Å²) in [5, 5.41) is 8.44. The molecule has 5 heteroatoms. The summed E-state index contributed by atoms with van der Waals surface area (Å²) in [6, 6.07) is 0. The van der Waals surface area contributed by atoms with Crippen molar-refractivity contribution in [1.82, 2.24) is 0 Å². The van der Waals surface area contributed by atoms with Gasteiger partial charge in [0.05, 0.1) is 0 Å². The number of aliphatic carboxylic acids is 1. The van der Waals surface area contributed by atoms with Gasteiger partial charge in [-0.1, -0.05) is 64.7 Å². The fourth-order valence-electron chi connectivity index (χ4n) is 1.76. The van der Waals surface area contributed by atoms with E-state index in [1.807, 2.05) is 0 Å². The minimum atomic E-state index is -1.75. The molecule has 0 aromatic carbocycles. The van der Waals surface area contributed by atoms with Crippen LogP contribution >= 0.6 is 0 Å². The zero-order valence-corrected chi connectivity index (χ0v) is 13.1. The van der Waals surface area contributed by atoms with Gasteiger partial charge in [-0.05, 0) is 6.42 Å². The molecule has 0 aliphatic heterocycles. The van der Waals surface area contributed by atoms with Crippen molar-refractivity contribution in [3.8, 4) is 0 Å². The van der Waals surface area contributed by atoms with E-state index in [0.717, 1.165) is 12.8 Å². The van der Waals surface area contributed by atoms with Crippen LogP contribution < -0.4 is 0 Å². The molecular weight excluding hydrogens is 268 g/mol. The van der Waals surface area contributed by atoms with Gasteiger partial charge in [-0.2, -0.15) is 0 Å². The third kappa shape index (κ3) is 25.0. The molecule has 0 heterocycles. The van der Waals surface area contributed by atoms with Gasteiger partial charge in [0, 0.05) is 6.42 Å². The van der Waals surface area contributed by atoms with E-state index in [-0.39, 0.29) is 0 Å². The Balaban J connectivity index is 0. The van der Waals surface area contributed by atoms with Crippen molar-refractivity contribution in [2.75, 3.05) is 0 Å². The van der Waals surface area contributed by atoms with Crippen molar-refractivity contribution >= 4 is 5.97 Å². The van der Waals surface area contributed by atoms with E-state index >= 15 is 0 Å². The van der Waals surface area contributed by atoms with Gasteiger partial charge in [0.15, 0.2) is 0 Å². The molecule has 0 aliphatic rings. The Bertz CT molecular complexity index is 186. The molecule has 0 saturated carbocycles. The molecule has 0 rings (SSSR count). The van der Waals surface area contributed by atoms with Crippen molar-refractivity contribution in [3.63, 3.8) is 0 Å². The van der Waals surface area contributed by atoms with E-state index in [9.17, 15) is 4.79 Å². The predicted octanol–water partition coefficient (Wildman–Crippen LogP) is 3.70. The number of carbonyl (C=O) groups is 1. The van der Waals surface area contributed by atoms with Gasteiger partial charge in [0.25, 0.3) is 0 Å². The summed E-state index contributed by atoms with van der Waals surface area (Å²) in [6.07, 6.45) is 12.9. The second-order valence-corrected chi connectivity index (χ2v) is 4.70. The van der Waals surface area contributed by atoms with Crippen molar-refractivity contribution < 1.29 is 36.4 Å². The van der Waals surface area contributed by atoms with Crippen LogP contribution in [0.25, 0.3) is 0 Å². The monoisotopic (exact) mass is 295 g/mol. The maximum atomic E-state index is 10.2. The Kier molecular flexibility index (Phi) is 21.7. The fourth-order valence-corrected chi connectivity index (χ4v) is 1.76. The Hall–Kier alpha value is -0.0557. The molecular formula is C13H27O4Ti. The van der Waals surface area contributed by atoms with Crippen LogP contribution in [0, 0.1) is 0 Å². The van der Waals surface area contributed by atoms with Gasteiger partial charge in [-0.15, -0.1) is 0 Å². The van der Waals surface area contributed by atoms with E-state index in [4.69, 9.17) is 12.1 Å². The number of hydrogen-bond donors (Lipinski definition) is 2. The Labute approximate surface area is 120 Å². The average molecular weight is 295 g/mol. The van der Waals surface area contributed by atoms with E-state index in [1.54, 1.807) is 0 Å². The second kappa shape index (κ2) is 19.3. The van der Waals surface area contributed by atoms with Crippen LogP contribution in [0.4, 0.5) is 0 Å². The molecule has 0 radical (unpaired) electrons. The van der Waals surface area contributed by atoms with E-state index in [0.29, 0.717) is 6.42 Å². The van der Waals surface area contributed by atoms with Crippen LogP contribution in [0.15, 0.2) is 0 Å². The van der Waals surface area contributed by atoms with Gasteiger partial charge >= 0.3 is 32.5 Å². The van der Waals surface area contributed by atoms with Crippen molar-refractivity contribution in [2.24, 2.45) is 0 Å². The van der Waals surface area contributed by atoms with Crippen molar-refractivity contribution in [1.29, 1.82) is 0 Å². The van der Waals surface area contributed by atoms with Crippen LogP contribution in [-0.2, 0) is 27.6 Å². The number of rotatable bonds is 11. The zero-order chi connectivity index (χ0) is 14.1. The molecule has 0 atom stereocenters. The number of unbranched alkanes of at least 4 members (excludes halogenated alkanes) is 9. The molecule has 0 aliphatic carbocycles. The SMILES string of the molecule is CCCCCCCCCCCCC(=O)O.[O]=[Ti][OH]. The average Bonchev–Trinajstić information content (AvgIpc) is 2.32. The summed E-state index contributed by atoms with van der Waals surface area (Å²) in [5.41, 5.74) is 0. The minimum absolute atomic E-state index is 0.344. The molecule has 0 spiro atoms. The zero-order valence-electron chi connectivity index (χ0n) is 11.5. The van der Waals surface area contributed by atoms with E-state index in [2.05, 4.69) is 6.92 Å². The van der Waals surface area contributed by atoms with Gasteiger partial charge in [-0.3, -0.25) is 4.79 Å². The van der Waals surface area contributed by atoms with Crippen LogP contribution in [0.3, 0.4) is 0 Å². The normalized spacial score (nSPS) is 9.22. The van der Waals surface area contributed by atoms with Gasteiger partial charge in [0.2, 0.25) is 0 Å². The number of carboxylic acids is 1. The summed E-state index contributed by atoms with van der Waals surface area (Å²) in [6.45, 7) is 2.24. The van der Waals surface area contributed by atoms with Crippen LogP contribution in [0.1, 0.15) is 77.6 Å². The van der Waals surface area contributed by atoms with Crippen LogP contribution in [-0.4, -0.2) is 14.8 Å². The fraction of sp³-hybridized carbons (Fsp3) is 0.923. The summed E-state index contributed by atoms with van der Waals surface area (Å²) in [4.78, 5) is 10.2. The molecule has 2 N–H and O–H groups in total. The summed E-state index contributed by atoms with van der Waals surface area (Å²) in [5.74, 6) is -0.658. The molecule has 18 heavy (non-hydrogen) atoms. The maximum absolute atomic E-state index is 10.2. The molecule has 107 valence electrons. The van der Waals surface area contributed by atoms with Gasteiger partial charge in [-0.25, -0.2) is 0 Å². The molecule has 0 fully saturated rings. The standard InChI is InChI=1S/C13H26O2.H2O.O.Ti/c1-2-3-4-5-6-7-8-9-10-11-12-13(14)15;;;/h2-12H2,1H3,(H,14,15);1H2;;/q;;;+1/p-1. The first-order chi connectivity index (χ1) is 8.68. The second-order valence-electron chi connectivity index (χ2n) is 4.42. The topological polar surface area (TPSA) is 74.6 Å². The molecule has 0 aromatic rings. The molecule has 0 bridgehead atoms.